The Labute approximate surface area is 101 Å². The number of halogens is 1. The molecular weight excluding hydrogens is 221 g/mol. The molecule has 0 aromatic heterocycles. The van der Waals surface area contributed by atoms with E-state index in [1.807, 2.05) is 18.0 Å². The number of nitrogens with zero attached hydrogens (tertiary/aromatic N) is 1. The van der Waals surface area contributed by atoms with Crippen LogP contribution in [0.3, 0.4) is 0 Å². The second-order valence-corrected chi connectivity index (χ2v) is 3.93. The van der Waals surface area contributed by atoms with Gasteiger partial charge in [-0.1, -0.05) is 6.07 Å². The summed E-state index contributed by atoms with van der Waals surface area (Å²) >= 11 is 0. The zero-order chi connectivity index (χ0) is 12.8. The number of likely N-dealkylation sites (N-methyl/N-ethyl adjacent to an activating group) is 1. The summed E-state index contributed by atoms with van der Waals surface area (Å²) in [6.45, 7) is 0.623. The number of carbonyl (C=O) groups is 1. The van der Waals surface area contributed by atoms with Gasteiger partial charge in [-0.15, -0.1) is 0 Å². The Bertz CT molecular complexity index is 384. The second-order valence-electron chi connectivity index (χ2n) is 3.93. The van der Waals surface area contributed by atoms with Crippen LogP contribution in [0.5, 0.6) is 0 Å². The van der Waals surface area contributed by atoms with E-state index < -0.39 is 0 Å². The quantitative estimate of drug-likeness (QED) is 0.769. The van der Waals surface area contributed by atoms with Gasteiger partial charge in [-0.05, 0) is 31.7 Å². The zero-order valence-electron chi connectivity index (χ0n) is 10.1. The Hall–Kier alpha value is -1.62. The van der Waals surface area contributed by atoms with Crippen LogP contribution in [-0.2, 0) is 4.79 Å². The molecule has 1 atom stereocenters. The first-order chi connectivity index (χ1) is 8.04. The number of carbonyl (C=O) groups excluding carboxylic acids is 1. The molecule has 3 N–H and O–H groups in total. The minimum absolute atomic E-state index is 0.269. The molecule has 0 aliphatic rings. The molecule has 0 aliphatic carbocycles. The largest absolute Gasteiger partial charge is 0.374 e. The Kier molecular flexibility index (Phi) is 4.90. The van der Waals surface area contributed by atoms with Crippen molar-refractivity contribution in [2.75, 3.05) is 25.5 Å². The number of benzene rings is 1. The highest BCUT2D eigenvalue weighted by atomic mass is 19.1. The molecule has 0 radical (unpaired) electrons. The summed E-state index contributed by atoms with van der Waals surface area (Å²) in [6.07, 6.45) is 0.582. The first kappa shape index (κ1) is 13.4. The minimum Gasteiger partial charge on any atom is -0.374 e. The second kappa shape index (κ2) is 6.20. The first-order valence-electron chi connectivity index (χ1n) is 5.48. The SMILES string of the molecule is CNC(CCN(C)c1cccc(F)c1)C(N)=O. The molecule has 1 aromatic carbocycles. The third kappa shape index (κ3) is 4.03. The van der Waals surface area contributed by atoms with Crippen LogP contribution in [0.15, 0.2) is 24.3 Å². The molecule has 94 valence electrons. The maximum atomic E-state index is 13.0. The van der Waals surface area contributed by atoms with Gasteiger partial charge >= 0.3 is 0 Å². The molecular formula is C12H18FN3O. The van der Waals surface area contributed by atoms with Crippen molar-refractivity contribution in [3.05, 3.63) is 30.1 Å². The molecule has 5 heteroatoms. The van der Waals surface area contributed by atoms with Crippen molar-refractivity contribution in [1.82, 2.24) is 5.32 Å². The van der Waals surface area contributed by atoms with Crippen molar-refractivity contribution in [3.8, 4) is 0 Å². The third-order valence-electron chi connectivity index (χ3n) is 2.69. The van der Waals surface area contributed by atoms with Gasteiger partial charge in [0.05, 0.1) is 6.04 Å². The smallest absolute Gasteiger partial charge is 0.234 e. The van der Waals surface area contributed by atoms with E-state index in [1.54, 1.807) is 13.1 Å². The van der Waals surface area contributed by atoms with Crippen LogP contribution in [-0.4, -0.2) is 32.6 Å². The topological polar surface area (TPSA) is 58.4 Å². The lowest BCUT2D eigenvalue weighted by molar-refractivity contribution is -0.120. The Morgan fingerprint density at radius 2 is 2.29 bits per heavy atom. The van der Waals surface area contributed by atoms with E-state index in [9.17, 15) is 9.18 Å². The first-order valence-corrected chi connectivity index (χ1v) is 5.48. The summed E-state index contributed by atoms with van der Waals surface area (Å²) in [6, 6.07) is 5.98. The molecule has 0 heterocycles. The van der Waals surface area contributed by atoms with E-state index in [2.05, 4.69) is 5.32 Å². The molecule has 1 rings (SSSR count). The van der Waals surface area contributed by atoms with Crippen molar-refractivity contribution in [3.63, 3.8) is 0 Å². The normalized spacial score (nSPS) is 12.2. The van der Waals surface area contributed by atoms with E-state index in [-0.39, 0.29) is 17.8 Å². The highest BCUT2D eigenvalue weighted by Gasteiger charge is 2.13. The van der Waals surface area contributed by atoms with Crippen LogP contribution in [0.4, 0.5) is 10.1 Å². The standard InChI is InChI=1S/C12H18FN3O/c1-15-11(12(14)17)6-7-16(2)10-5-3-4-9(13)8-10/h3-5,8,11,15H,6-7H2,1-2H3,(H2,14,17). The highest BCUT2D eigenvalue weighted by Crippen LogP contribution is 2.14. The molecule has 0 spiro atoms. The molecule has 0 aliphatic heterocycles. The Morgan fingerprint density at radius 1 is 1.59 bits per heavy atom. The maximum Gasteiger partial charge on any atom is 0.234 e. The van der Waals surface area contributed by atoms with E-state index in [0.29, 0.717) is 13.0 Å². The van der Waals surface area contributed by atoms with Gasteiger partial charge in [0, 0.05) is 19.3 Å². The summed E-state index contributed by atoms with van der Waals surface area (Å²) in [7, 11) is 3.54. The van der Waals surface area contributed by atoms with Gasteiger partial charge < -0.3 is 16.0 Å². The average molecular weight is 239 g/mol. The highest BCUT2D eigenvalue weighted by molar-refractivity contribution is 5.79. The number of rotatable bonds is 6. The van der Waals surface area contributed by atoms with Gasteiger partial charge in [0.15, 0.2) is 0 Å². The van der Waals surface area contributed by atoms with Gasteiger partial charge in [0.2, 0.25) is 5.91 Å². The predicted octanol–water partition coefficient (Wildman–Crippen LogP) is 0.725. The van der Waals surface area contributed by atoms with Crippen LogP contribution in [0.1, 0.15) is 6.42 Å². The molecule has 1 unspecified atom stereocenters. The van der Waals surface area contributed by atoms with Crippen LogP contribution < -0.4 is 16.0 Å². The number of amides is 1. The average Bonchev–Trinajstić information content (AvgIpc) is 2.29. The van der Waals surface area contributed by atoms with E-state index in [1.165, 1.54) is 12.1 Å². The molecule has 4 nitrogen and oxygen atoms in total. The van der Waals surface area contributed by atoms with Crippen molar-refractivity contribution in [2.45, 2.75) is 12.5 Å². The van der Waals surface area contributed by atoms with Gasteiger partial charge in [-0.3, -0.25) is 4.79 Å². The molecule has 0 saturated heterocycles. The lowest BCUT2D eigenvalue weighted by atomic mass is 10.2. The fourth-order valence-corrected chi connectivity index (χ4v) is 1.59. The molecule has 0 saturated carbocycles. The molecule has 17 heavy (non-hydrogen) atoms. The molecule has 0 fully saturated rings. The maximum absolute atomic E-state index is 13.0. The summed E-state index contributed by atoms with van der Waals surface area (Å²) in [5, 5.41) is 2.84. The predicted molar refractivity (Wildman–Crippen MR) is 66.3 cm³/mol. The van der Waals surface area contributed by atoms with E-state index in [4.69, 9.17) is 5.73 Å². The van der Waals surface area contributed by atoms with Gasteiger partial charge in [-0.2, -0.15) is 0 Å². The lowest BCUT2D eigenvalue weighted by Crippen LogP contribution is -2.41. The summed E-state index contributed by atoms with van der Waals surface area (Å²) in [4.78, 5) is 12.9. The van der Waals surface area contributed by atoms with E-state index in [0.717, 1.165) is 5.69 Å². The van der Waals surface area contributed by atoms with Crippen LogP contribution >= 0.6 is 0 Å². The molecule has 1 amide bonds. The molecule has 1 aromatic rings. The van der Waals surface area contributed by atoms with Crippen molar-refractivity contribution >= 4 is 11.6 Å². The van der Waals surface area contributed by atoms with Gasteiger partial charge in [0.1, 0.15) is 5.82 Å². The van der Waals surface area contributed by atoms with Crippen LogP contribution in [0, 0.1) is 5.82 Å². The molecule has 0 bridgehead atoms. The van der Waals surface area contributed by atoms with E-state index >= 15 is 0 Å². The number of nitrogens with one attached hydrogen (secondary N) is 1. The fraction of sp³-hybridized carbons (Fsp3) is 0.417. The van der Waals surface area contributed by atoms with Crippen LogP contribution in [0.2, 0.25) is 0 Å². The Balaban J connectivity index is 2.55. The summed E-state index contributed by atoms with van der Waals surface area (Å²) < 4.78 is 13.0. The van der Waals surface area contributed by atoms with Crippen molar-refractivity contribution in [1.29, 1.82) is 0 Å². The number of hydrogen-bond donors (Lipinski definition) is 2. The monoisotopic (exact) mass is 239 g/mol. The number of anilines is 1. The lowest BCUT2D eigenvalue weighted by Gasteiger charge is -2.21. The Morgan fingerprint density at radius 3 is 2.82 bits per heavy atom. The summed E-state index contributed by atoms with van der Waals surface area (Å²) in [5.41, 5.74) is 6.00. The van der Waals surface area contributed by atoms with Crippen molar-refractivity contribution in [2.24, 2.45) is 5.73 Å². The van der Waals surface area contributed by atoms with Gasteiger partial charge in [0.25, 0.3) is 0 Å². The number of nitrogens with two attached hydrogens (primary N) is 1. The third-order valence-corrected chi connectivity index (χ3v) is 2.69. The summed E-state index contributed by atoms with van der Waals surface area (Å²) in [5.74, 6) is -0.644. The minimum atomic E-state index is -0.375. The van der Waals surface area contributed by atoms with Gasteiger partial charge in [-0.25, -0.2) is 4.39 Å². The number of hydrogen-bond acceptors (Lipinski definition) is 3. The number of primary amides is 1. The zero-order valence-corrected chi connectivity index (χ0v) is 10.1. The van der Waals surface area contributed by atoms with Crippen molar-refractivity contribution < 1.29 is 9.18 Å². The van der Waals surface area contributed by atoms with Crippen LogP contribution in [0.25, 0.3) is 0 Å². The fourth-order valence-electron chi connectivity index (χ4n) is 1.59.